The molecule has 9 heteroatoms. The molecule has 120 valence electrons. The Morgan fingerprint density at radius 1 is 1.41 bits per heavy atom. The summed E-state index contributed by atoms with van der Waals surface area (Å²) in [4.78, 5) is 12.5. The first kappa shape index (κ1) is 15.1. The second-order valence-corrected chi connectivity index (χ2v) is 5.15. The molecule has 0 spiro atoms. The number of aryl methyl sites for hydroxylation is 1. The van der Waals surface area contributed by atoms with Crippen molar-refractivity contribution < 1.29 is 18.6 Å². The average Bonchev–Trinajstić information content (AvgIpc) is 3.01. The Bertz CT molecular complexity index is 679. The van der Waals surface area contributed by atoms with Gasteiger partial charge in [0.2, 0.25) is 0 Å². The third-order valence-electron chi connectivity index (χ3n) is 3.70. The minimum absolute atomic E-state index is 0.234. The standard InChI is InChI=1S/C13H18FN5O3/c1-6-17-11(15)9-12(18-6)19(5-16-9)13-8(14)10(21-3)7(22-13)4-20-2/h5,7-8,10,13H,4H2,1-3H3,(H2,15,17,18)/t7-,8?,10+,13-/m1/s1. The van der Waals surface area contributed by atoms with Gasteiger partial charge < -0.3 is 19.9 Å². The molecule has 0 saturated carbocycles. The van der Waals surface area contributed by atoms with E-state index in [1.165, 1.54) is 25.1 Å². The van der Waals surface area contributed by atoms with Crippen LogP contribution < -0.4 is 5.73 Å². The minimum atomic E-state index is -1.38. The predicted molar refractivity (Wildman–Crippen MR) is 76.0 cm³/mol. The Morgan fingerprint density at radius 3 is 2.86 bits per heavy atom. The highest BCUT2D eigenvalue weighted by atomic mass is 19.1. The second kappa shape index (κ2) is 5.75. The van der Waals surface area contributed by atoms with Crippen LogP contribution >= 0.6 is 0 Å². The van der Waals surface area contributed by atoms with Gasteiger partial charge >= 0.3 is 0 Å². The molecule has 8 nitrogen and oxygen atoms in total. The Hall–Kier alpha value is -1.84. The Kier molecular flexibility index (Phi) is 3.94. The van der Waals surface area contributed by atoms with Gasteiger partial charge in [0.05, 0.1) is 12.9 Å². The number of hydrogen-bond acceptors (Lipinski definition) is 7. The van der Waals surface area contributed by atoms with Crippen LogP contribution in [0.25, 0.3) is 11.2 Å². The largest absolute Gasteiger partial charge is 0.382 e. The second-order valence-electron chi connectivity index (χ2n) is 5.15. The lowest BCUT2D eigenvalue weighted by Gasteiger charge is -2.16. The van der Waals surface area contributed by atoms with Gasteiger partial charge in [-0.1, -0.05) is 0 Å². The highest BCUT2D eigenvalue weighted by molar-refractivity contribution is 5.81. The number of anilines is 1. The van der Waals surface area contributed by atoms with Crippen molar-refractivity contribution in [3.63, 3.8) is 0 Å². The van der Waals surface area contributed by atoms with Crippen LogP contribution in [-0.2, 0) is 14.2 Å². The molecular formula is C13H18FN5O3. The average molecular weight is 311 g/mol. The number of rotatable bonds is 4. The van der Waals surface area contributed by atoms with Crippen LogP contribution in [0.5, 0.6) is 0 Å². The van der Waals surface area contributed by atoms with Crippen molar-refractivity contribution in [2.24, 2.45) is 0 Å². The molecule has 2 N–H and O–H groups in total. The van der Waals surface area contributed by atoms with Crippen molar-refractivity contribution in [2.45, 2.75) is 31.5 Å². The molecule has 1 aliphatic heterocycles. The van der Waals surface area contributed by atoms with Gasteiger partial charge in [-0.15, -0.1) is 0 Å². The van der Waals surface area contributed by atoms with Gasteiger partial charge in [0, 0.05) is 14.2 Å². The summed E-state index contributed by atoms with van der Waals surface area (Å²) in [6.07, 6.45) is -2.05. The van der Waals surface area contributed by atoms with E-state index in [4.69, 9.17) is 19.9 Å². The lowest BCUT2D eigenvalue weighted by molar-refractivity contribution is -0.0602. The van der Waals surface area contributed by atoms with E-state index in [0.717, 1.165) is 0 Å². The summed E-state index contributed by atoms with van der Waals surface area (Å²) in [6.45, 7) is 1.94. The summed E-state index contributed by atoms with van der Waals surface area (Å²) in [5, 5.41) is 0. The maximum atomic E-state index is 14.7. The molecule has 2 aromatic rings. The van der Waals surface area contributed by atoms with E-state index < -0.39 is 24.6 Å². The van der Waals surface area contributed by atoms with E-state index in [-0.39, 0.29) is 12.4 Å². The van der Waals surface area contributed by atoms with E-state index in [1.807, 2.05) is 0 Å². The van der Waals surface area contributed by atoms with Gasteiger partial charge in [0.1, 0.15) is 23.5 Å². The quantitative estimate of drug-likeness (QED) is 0.883. The van der Waals surface area contributed by atoms with Crippen molar-refractivity contribution in [3.8, 4) is 0 Å². The molecule has 0 bridgehead atoms. The fraction of sp³-hybridized carbons (Fsp3) is 0.615. The molecule has 0 aromatic carbocycles. The molecule has 3 heterocycles. The molecule has 0 aliphatic carbocycles. The van der Waals surface area contributed by atoms with E-state index in [9.17, 15) is 4.39 Å². The smallest absolute Gasteiger partial charge is 0.174 e. The van der Waals surface area contributed by atoms with Crippen molar-refractivity contribution in [1.82, 2.24) is 19.5 Å². The molecule has 3 rings (SSSR count). The van der Waals surface area contributed by atoms with Crippen LogP contribution in [0, 0.1) is 6.92 Å². The van der Waals surface area contributed by atoms with Gasteiger partial charge in [-0.3, -0.25) is 4.57 Å². The first-order chi connectivity index (χ1) is 10.6. The third-order valence-corrected chi connectivity index (χ3v) is 3.70. The van der Waals surface area contributed by atoms with Crippen LogP contribution in [0.3, 0.4) is 0 Å². The Morgan fingerprint density at radius 2 is 2.18 bits per heavy atom. The first-order valence-electron chi connectivity index (χ1n) is 6.84. The number of halogens is 1. The number of imidazole rings is 1. The molecular weight excluding hydrogens is 293 g/mol. The number of aromatic nitrogens is 4. The SMILES string of the molecule is COC[C@H]1O[C@@H](n2cnc3c(N)nc(C)nc32)C(F)[C@H]1OC. The molecule has 1 saturated heterocycles. The summed E-state index contributed by atoms with van der Waals surface area (Å²) >= 11 is 0. The highest BCUT2D eigenvalue weighted by Crippen LogP contribution is 2.35. The van der Waals surface area contributed by atoms with E-state index in [1.54, 1.807) is 6.92 Å². The molecule has 0 radical (unpaired) electrons. The van der Waals surface area contributed by atoms with E-state index in [2.05, 4.69) is 15.0 Å². The maximum absolute atomic E-state index is 14.7. The molecule has 2 aromatic heterocycles. The molecule has 4 atom stereocenters. The van der Waals surface area contributed by atoms with Crippen molar-refractivity contribution in [3.05, 3.63) is 12.2 Å². The fourth-order valence-corrected chi connectivity index (χ4v) is 2.74. The lowest BCUT2D eigenvalue weighted by Crippen LogP contribution is -2.33. The van der Waals surface area contributed by atoms with Crippen LogP contribution in [0.2, 0.25) is 0 Å². The van der Waals surface area contributed by atoms with Crippen molar-refractivity contribution in [1.29, 1.82) is 0 Å². The van der Waals surface area contributed by atoms with Crippen LogP contribution in [0.4, 0.5) is 10.2 Å². The number of methoxy groups -OCH3 is 2. The molecule has 0 amide bonds. The van der Waals surface area contributed by atoms with E-state index >= 15 is 0 Å². The number of alkyl halides is 1. The fourth-order valence-electron chi connectivity index (χ4n) is 2.74. The molecule has 1 fully saturated rings. The van der Waals surface area contributed by atoms with Crippen LogP contribution in [0.1, 0.15) is 12.1 Å². The zero-order valence-electron chi connectivity index (χ0n) is 12.6. The Labute approximate surface area is 126 Å². The van der Waals surface area contributed by atoms with Gasteiger partial charge in [-0.05, 0) is 6.92 Å². The van der Waals surface area contributed by atoms with Crippen molar-refractivity contribution in [2.75, 3.05) is 26.6 Å². The number of fused-ring (bicyclic) bond motifs is 1. The van der Waals surface area contributed by atoms with E-state index in [0.29, 0.717) is 17.0 Å². The first-order valence-corrected chi connectivity index (χ1v) is 6.84. The summed E-state index contributed by atoms with van der Waals surface area (Å²) < 4.78 is 32.2. The topological polar surface area (TPSA) is 97.3 Å². The number of nitrogens with zero attached hydrogens (tertiary/aromatic N) is 4. The van der Waals surface area contributed by atoms with Crippen LogP contribution in [-0.4, -0.2) is 58.7 Å². The zero-order valence-corrected chi connectivity index (χ0v) is 12.6. The summed E-state index contributed by atoms with van der Waals surface area (Å²) in [5.74, 6) is 0.739. The van der Waals surface area contributed by atoms with Gasteiger partial charge in [-0.25, -0.2) is 19.3 Å². The minimum Gasteiger partial charge on any atom is -0.382 e. The Balaban J connectivity index is 2.01. The van der Waals surface area contributed by atoms with Crippen LogP contribution in [0.15, 0.2) is 6.33 Å². The molecule has 1 aliphatic rings. The number of nitrogens with two attached hydrogens (primary N) is 1. The van der Waals surface area contributed by atoms with Gasteiger partial charge in [0.15, 0.2) is 23.9 Å². The van der Waals surface area contributed by atoms with Gasteiger partial charge in [-0.2, -0.15) is 0 Å². The predicted octanol–water partition coefficient (Wildman–Crippen LogP) is 0.614. The lowest BCUT2D eigenvalue weighted by atomic mass is 10.1. The molecule has 1 unspecified atom stereocenters. The number of ether oxygens (including phenoxy) is 3. The molecule has 22 heavy (non-hydrogen) atoms. The summed E-state index contributed by atoms with van der Waals surface area (Å²) in [7, 11) is 2.97. The zero-order chi connectivity index (χ0) is 15.9. The maximum Gasteiger partial charge on any atom is 0.174 e. The van der Waals surface area contributed by atoms with Crippen molar-refractivity contribution >= 4 is 17.0 Å². The number of hydrogen-bond donors (Lipinski definition) is 1. The highest BCUT2D eigenvalue weighted by Gasteiger charge is 2.47. The summed E-state index contributed by atoms with van der Waals surface area (Å²) in [5.41, 5.74) is 6.68. The van der Waals surface area contributed by atoms with Gasteiger partial charge in [0.25, 0.3) is 0 Å². The third kappa shape index (κ3) is 2.31. The normalized spacial score (nSPS) is 28.5. The number of nitrogen functional groups attached to an aromatic ring is 1. The monoisotopic (exact) mass is 311 g/mol. The summed E-state index contributed by atoms with van der Waals surface area (Å²) in [6, 6.07) is 0.